The number of hydrogen-bond acceptors (Lipinski definition) is 7. The van der Waals surface area contributed by atoms with E-state index in [1.807, 2.05) is 18.2 Å². The first kappa shape index (κ1) is 21.0. The molecule has 1 aromatic carbocycles. The lowest BCUT2D eigenvalue weighted by molar-refractivity contribution is 0.0940. The van der Waals surface area contributed by atoms with Gasteiger partial charge in [0.25, 0.3) is 11.5 Å². The van der Waals surface area contributed by atoms with Gasteiger partial charge in [-0.15, -0.1) is 11.0 Å². The Hall–Kier alpha value is -4.91. The summed E-state index contributed by atoms with van der Waals surface area (Å²) < 4.78 is 8.41. The van der Waals surface area contributed by atoms with E-state index >= 15 is 0 Å². The van der Waals surface area contributed by atoms with Crippen LogP contribution in [-0.2, 0) is 0 Å². The van der Waals surface area contributed by atoms with Crippen LogP contribution < -0.4 is 16.6 Å². The number of benzene rings is 1. The van der Waals surface area contributed by atoms with Crippen molar-refractivity contribution < 1.29 is 9.21 Å². The van der Waals surface area contributed by atoms with Crippen molar-refractivity contribution in [1.82, 2.24) is 29.5 Å². The van der Waals surface area contributed by atoms with E-state index in [0.717, 1.165) is 0 Å². The number of anilines is 1. The number of amides is 1. The number of para-hydroxylation sites is 1. The largest absolute Gasteiger partial charge is 0.445 e. The van der Waals surface area contributed by atoms with Crippen LogP contribution in [0.1, 0.15) is 41.6 Å². The van der Waals surface area contributed by atoms with E-state index in [0.29, 0.717) is 16.9 Å². The monoisotopic (exact) mass is 453 g/mol. The molecule has 0 radical (unpaired) electrons. The lowest BCUT2D eigenvalue weighted by Gasteiger charge is -2.18. The van der Waals surface area contributed by atoms with Crippen molar-refractivity contribution >= 4 is 28.5 Å². The average molecular weight is 453 g/mol. The SMILES string of the molecule is CC#Cc1coc2nc([C@@H](C)NC(=O)c3c(N)nn4cccnc34)n(-c3ccccc3)c(=O)c12. The molecule has 0 unspecified atom stereocenters. The predicted molar refractivity (Wildman–Crippen MR) is 125 cm³/mol. The van der Waals surface area contributed by atoms with E-state index in [4.69, 9.17) is 10.2 Å². The zero-order valence-electron chi connectivity index (χ0n) is 18.3. The molecular formula is C24H19N7O3. The van der Waals surface area contributed by atoms with E-state index < -0.39 is 11.9 Å². The van der Waals surface area contributed by atoms with Gasteiger partial charge in [0.15, 0.2) is 11.5 Å². The van der Waals surface area contributed by atoms with Crippen LogP contribution in [0.2, 0.25) is 0 Å². The predicted octanol–water partition coefficient (Wildman–Crippen LogP) is 2.47. The summed E-state index contributed by atoms with van der Waals surface area (Å²) in [6.07, 6.45) is 4.60. The van der Waals surface area contributed by atoms with Gasteiger partial charge in [-0.2, -0.15) is 4.98 Å². The van der Waals surface area contributed by atoms with Gasteiger partial charge in [0.1, 0.15) is 23.0 Å². The molecular weight excluding hydrogens is 434 g/mol. The summed E-state index contributed by atoms with van der Waals surface area (Å²) in [7, 11) is 0. The maximum Gasteiger partial charge on any atom is 0.270 e. The Balaban J connectivity index is 1.64. The Bertz CT molecular complexity index is 1670. The molecule has 1 amide bonds. The second-order valence-electron chi connectivity index (χ2n) is 7.49. The Kier molecular flexibility index (Phi) is 5.07. The average Bonchev–Trinajstić information content (AvgIpc) is 3.39. The fraction of sp³-hybridized carbons (Fsp3) is 0.125. The number of nitrogens with two attached hydrogens (primary N) is 1. The molecule has 10 heteroatoms. The zero-order valence-corrected chi connectivity index (χ0v) is 18.3. The molecule has 0 aliphatic rings. The minimum Gasteiger partial charge on any atom is -0.445 e. The minimum absolute atomic E-state index is 0.0427. The highest BCUT2D eigenvalue weighted by Crippen LogP contribution is 2.22. The Morgan fingerprint density at radius 3 is 2.79 bits per heavy atom. The number of fused-ring (bicyclic) bond motifs is 2. The van der Waals surface area contributed by atoms with Gasteiger partial charge in [-0.25, -0.2) is 9.50 Å². The minimum atomic E-state index is -0.700. The lowest BCUT2D eigenvalue weighted by Crippen LogP contribution is -2.33. The number of nitrogens with zero attached hydrogens (tertiary/aromatic N) is 5. The smallest absolute Gasteiger partial charge is 0.270 e. The number of aromatic nitrogens is 5. The van der Waals surface area contributed by atoms with Gasteiger partial charge in [0.05, 0.1) is 17.3 Å². The molecule has 34 heavy (non-hydrogen) atoms. The summed E-state index contributed by atoms with van der Waals surface area (Å²) in [4.78, 5) is 35.5. The highest BCUT2D eigenvalue weighted by molar-refractivity contribution is 6.04. The van der Waals surface area contributed by atoms with Gasteiger partial charge in [-0.05, 0) is 32.0 Å². The molecule has 0 spiro atoms. The highest BCUT2D eigenvalue weighted by atomic mass is 16.3. The van der Waals surface area contributed by atoms with Crippen molar-refractivity contribution in [2.45, 2.75) is 19.9 Å². The quantitative estimate of drug-likeness (QED) is 0.399. The summed E-state index contributed by atoms with van der Waals surface area (Å²) >= 11 is 0. The van der Waals surface area contributed by atoms with Crippen LogP contribution in [0, 0.1) is 11.8 Å². The van der Waals surface area contributed by atoms with E-state index in [1.54, 1.807) is 44.4 Å². The van der Waals surface area contributed by atoms with Crippen LogP contribution in [-0.4, -0.2) is 30.1 Å². The van der Waals surface area contributed by atoms with Crippen molar-refractivity contribution in [2.24, 2.45) is 0 Å². The third-order valence-corrected chi connectivity index (χ3v) is 5.29. The van der Waals surface area contributed by atoms with Crippen LogP contribution in [0.4, 0.5) is 5.82 Å². The lowest BCUT2D eigenvalue weighted by atomic mass is 10.2. The Morgan fingerprint density at radius 1 is 1.24 bits per heavy atom. The number of furan rings is 1. The van der Waals surface area contributed by atoms with Crippen LogP contribution in [0.5, 0.6) is 0 Å². The second-order valence-corrected chi connectivity index (χ2v) is 7.49. The van der Waals surface area contributed by atoms with E-state index in [1.165, 1.54) is 15.3 Å². The first-order valence-electron chi connectivity index (χ1n) is 10.4. The Labute approximate surface area is 193 Å². The molecule has 4 heterocycles. The summed E-state index contributed by atoms with van der Waals surface area (Å²) in [6.45, 7) is 3.39. The zero-order chi connectivity index (χ0) is 23.8. The highest BCUT2D eigenvalue weighted by Gasteiger charge is 2.25. The molecule has 4 aromatic heterocycles. The molecule has 0 aliphatic heterocycles. The second kappa shape index (κ2) is 8.22. The van der Waals surface area contributed by atoms with Crippen LogP contribution in [0.25, 0.3) is 22.4 Å². The fourth-order valence-electron chi connectivity index (χ4n) is 3.81. The van der Waals surface area contributed by atoms with Gasteiger partial charge >= 0.3 is 0 Å². The van der Waals surface area contributed by atoms with E-state index in [9.17, 15) is 9.59 Å². The number of rotatable bonds is 4. The van der Waals surface area contributed by atoms with Gasteiger partial charge < -0.3 is 15.5 Å². The van der Waals surface area contributed by atoms with Crippen LogP contribution in [0.15, 0.2) is 64.3 Å². The Morgan fingerprint density at radius 2 is 2.03 bits per heavy atom. The van der Waals surface area contributed by atoms with Crippen molar-refractivity contribution in [3.63, 3.8) is 0 Å². The maximum absolute atomic E-state index is 13.6. The molecule has 3 N–H and O–H groups in total. The number of carbonyl (C=O) groups excluding carboxylic acids is 1. The summed E-state index contributed by atoms with van der Waals surface area (Å²) in [5.74, 6) is 5.48. The number of carbonyl (C=O) groups is 1. The van der Waals surface area contributed by atoms with Crippen LogP contribution >= 0.6 is 0 Å². The molecule has 0 aliphatic carbocycles. The third-order valence-electron chi connectivity index (χ3n) is 5.29. The van der Waals surface area contributed by atoms with Gasteiger partial charge in [-0.1, -0.05) is 24.1 Å². The fourth-order valence-corrected chi connectivity index (χ4v) is 3.81. The molecule has 0 saturated heterocycles. The summed E-state index contributed by atoms with van der Waals surface area (Å²) in [5, 5.41) is 7.26. The van der Waals surface area contributed by atoms with Crippen LogP contribution in [0.3, 0.4) is 0 Å². The first-order valence-corrected chi connectivity index (χ1v) is 10.4. The van der Waals surface area contributed by atoms with Crippen molar-refractivity contribution in [2.75, 3.05) is 5.73 Å². The molecule has 10 nitrogen and oxygen atoms in total. The topological polar surface area (TPSA) is 133 Å². The van der Waals surface area contributed by atoms with Gasteiger partial charge in [-0.3, -0.25) is 14.2 Å². The summed E-state index contributed by atoms with van der Waals surface area (Å²) in [5.41, 5.74) is 7.28. The molecule has 168 valence electrons. The third kappa shape index (κ3) is 3.36. The molecule has 5 rings (SSSR count). The standard InChI is InChI=1S/C24H19N7O3/c1-3-8-15-13-34-23-17(15)24(33)31(16-9-5-4-6-10-16)20(28-23)14(2)27-22(32)18-19(25)29-30-12-7-11-26-21(18)30/h4-7,9-14H,1-2H3,(H2,25,29)(H,27,32)/t14-/m1/s1. The first-order chi connectivity index (χ1) is 16.5. The van der Waals surface area contributed by atoms with Gasteiger partial charge in [0.2, 0.25) is 5.71 Å². The molecule has 0 saturated carbocycles. The van der Waals surface area contributed by atoms with Crippen molar-refractivity contribution in [1.29, 1.82) is 0 Å². The molecule has 1 atom stereocenters. The van der Waals surface area contributed by atoms with Gasteiger partial charge in [0, 0.05) is 12.4 Å². The summed E-state index contributed by atoms with van der Waals surface area (Å²) in [6, 6.07) is 10.0. The van der Waals surface area contributed by atoms with Crippen molar-refractivity contribution in [3.8, 4) is 17.5 Å². The number of nitrogen functional groups attached to an aromatic ring is 1. The molecule has 0 bridgehead atoms. The molecule has 0 fully saturated rings. The number of nitrogens with one attached hydrogen (secondary N) is 1. The maximum atomic E-state index is 13.6. The van der Waals surface area contributed by atoms with E-state index in [-0.39, 0.29) is 33.9 Å². The van der Waals surface area contributed by atoms with E-state index in [2.05, 4.69) is 32.2 Å². The van der Waals surface area contributed by atoms with Crippen molar-refractivity contribution in [3.05, 3.63) is 82.4 Å². The normalized spacial score (nSPS) is 11.8. The number of hydrogen-bond donors (Lipinski definition) is 2. The molecule has 5 aromatic rings.